The van der Waals surface area contributed by atoms with Crippen LogP contribution in [0.1, 0.15) is 18.1 Å². The largest absolute Gasteiger partial charge is 0.487 e. The minimum atomic E-state index is -0.473. The second-order valence-electron chi connectivity index (χ2n) is 10.5. The third kappa shape index (κ3) is 8.53. The van der Waals surface area contributed by atoms with Gasteiger partial charge >= 0.3 is 0 Å². The minimum Gasteiger partial charge on any atom is -0.487 e. The summed E-state index contributed by atoms with van der Waals surface area (Å²) in [5.74, 6) is -0.131. The lowest BCUT2D eigenvalue weighted by Gasteiger charge is -2.21. The van der Waals surface area contributed by atoms with Crippen molar-refractivity contribution < 1.29 is 23.9 Å². The molecule has 2 aromatic heterocycles. The van der Waals surface area contributed by atoms with Gasteiger partial charge in [-0.05, 0) is 62.1 Å². The molecule has 0 aliphatic rings. The maximum atomic E-state index is 13.0. The summed E-state index contributed by atoms with van der Waals surface area (Å²) < 4.78 is 13.7. The molecule has 0 spiro atoms. The average Bonchev–Trinajstić information content (AvgIpc) is 3.40. The molecular formula is C32H35Cl2N7O5. The second-order valence-corrected chi connectivity index (χ2v) is 11.3. The second kappa shape index (κ2) is 15.6. The molecule has 2 N–H and O–H groups in total. The number of rotatable bonds is 13. The van der Waals surface area contributed by atoms with E-state index in [-0.39, 0.29) is 24.1 Å². The number of nitrogens with zero attached hydrogens (tertiary/aromatic N) is 5. The van der Waals surface area contributed by atoms with Crippen molar-refractivity contribution in [3.05, 3.63) is 75.9 Å². The monoisotopic (exact) mass is 667 g/mol. The van der Waals surface area contributed by atoms with Crippen molar-refractivity contribution >= 4 is 69.5 Å². The molecule has 0 radical (unpaired) electrons. The molecule has 0 atom stereocenters. The molecule has 4 rings (SSSR count). The van der Waals surface area contributed by atoms with E-state index in [0.717, 1.165) is 17.6 Å². The molecule has 0 bridgehead atoms. The number of hydrogen-bond donors (Lipinski definition) is 2. The normalized spacial score (nSPS) is 11.2. The molecule has 242 valence electrons. The van der Waals surface area contributed by atoms with E-state index in [1.54, 1.807) is 44.5 Å². The Bertz CT molecular complexity index is 1760. The van der Waals surface area contributed by atoms with E-state index in [4.69, 9.17) is 32.7 Å². The Morgan fingerprint density at radius 3 is 2.52 bits per heavy atom. The van der Waals surface area contributed by atoms with Crippen molar-refractivity contribution in [3.63, 3.8) is 0 Å². The molecule has 0 saturated carbocycles. The SMILES string of the molecule is COc1nc2cccc(OCc3c(Cl)ccc(N(C)C(=O)CNC(=O)/C=C/c4ccc(NC(C)=O)nc4)c3Cl)c2n1CCN(C)C. The molecule has 12 nitrogen and oxygen atoms in total. The van der Waals surface area contributed by atoms with Crippen molar-refractivity contribution in [1.29, 1.82) is 0 Å². The molecule has 2 aromatic carbocycles. The number of anilines is 2. The van der Waals surface area contributed by atoms with E-state index in [1.165, 1.54) is 24.1 Å². The first-order valence-corrected chi connectivity index (χ1v) is 15.0. The summed E-state index contributed by atoms with van der Waals surface area (Å²) in [7, 11) is 7.11. The first-order valence-electron chi connectivity index (χ1n) is 14.2. The highest BCUT2D eigenvalue weighted by Gasteiger charge is 2.21. The lowest BCUT2D eigenvalue weighted by Crippen LogP contribution is -2.37. The molecular weight excluding hydrogens is 633 g/mol. The van der Waals surface area contributed by atoms with Gasteiger partial charge in [0.2, 0.25) is 17.7 Å². The van der Waals surface area contributed by atoms with Gasteiger partial charge in [-0.15, -0.1) is 0 Å². The first-order chi connectivity index (χ1) is 22.0. The van der Waals surface area contributed by atoms with Gasteiger partial charge in [-0.1, -0.05) is 29.3 Å². The van der Waals surface area contributed by atoms with E-state index >= 15 is 0 Å². The first kappa shape index (κ1) is 34.2. The summed E-state index contributed by atoms with van der Waals surface area (Å²) in [4.78, 5) is 48.6. The number of imidazole rings is 1. The number of hydrogen-bond acceptors (Lipinski definition) is 8. The van der Waals surface area contributed by atoms with Crippen LogP contribution in [-0.2, 0) is 27.5 Å². The number of likely N-dealkylation sites (N-methyl/N-ethyl adjacent to an activating group) is 2. The predicted octanol–water partition coefficient (Wildman–Crippen LogP) is 4.64. The summed E-state index contributed by atoms with van der Waals surface area (Å²) in [6.07, 6.45) is 4.34. The lowest BCUT2D eigenvalue weighted by atomic mass is 10.2. The van der Waals surface area contributed by atoms with Crippen molar-refractivity contribution in [2.24, 2.45) is 0 Å². The number of benzene rings is 2. The number of amides is 3. The van der Waals surface area contributed by atoms with Crippen LogP contribution in [0.3, 0.4) is 0 Å². The van der Waals surface area contributed by atoms with E-state index in [1.807, 2.05) is 36.9 Å². The molecule has 4 aromatic rings. The zero-order valence-corrected chi connectivity index (χ0v) is 27.6. The van der Waals surface area contributed by atoms with Crippen molar-refractivity contribution in [1.82, 2.24) is 24.8 Å². The average molecular weight is 669 g/mol. The number of aromatic nitrogens is 3. The maximum Gasteiger partial charge on any atom is 0.297 e. The van der Waals surface area contributed by atoms with E-state index in [2.05, 4.69) is 25.5 Å². The summed E-state index contributed by atoms with van der Waals surface area (Å²) in [5, 5.41) is 5.76. The Hall–Kier alpha value is -4.65. The molecule has 46 heavy (non-hydrogen) atoms. The molecule has 0 unspecified atom stereocenters. The highest BCUT2D eigenvalue weighted by Crippen LogP contribution is 2.36. The molecule has 0 saturated heterocycles. The van der Waals surface area contributed by atoms with Gasteiger partial charge < -0.3 is 29.9 Å². The highest BCUT2D eigenvalue weighted by molar-refractivity contribution is 6.38. The Kier molecular flexibility index (Phi) is 11.6. The topological polar surface area (TPSA) is 131 Å². The van der Waals surface area contributed by atoms with Gasteiger partial charge in [-0.25, -0.2) is 4.98 Å². The molecule has 0 aliphatic carbocycles. The fourth-order valence-corrected chi connectivity index (χ4v) is 5.05. The van der Waals surface area contributed by atoms with E-state index in [9.17, 15) is 14.4 Å². The van der Waals surface area contributed by atoms with Crippen LogP contribution >= 0.6 is 23.2 Å². The van der Waals surface area contributed by atoms with Gasteiger partial charge in [0, 0.05) is 49.9 Å². The third-order valence-electron chi connectivity index (χ3n) is 6.85. The number of carbonyl (C=O) groups is 3. The fourth-order valence-electron chi connectivity index (χ4n) is 4.44. The third-order valence-corrected chi connectivity index (χ3v) is 7.63. The summed E-state index contributed by atoms with van der Waals surface area (Å²) in [5.41, 5.74) is 3.04. The van der Waals surface area contributed by atoms with Crippen LogP contribution < -0.4 is 25.0 Å². The molecule has 0 aliphatic heterocycles. The minimum absolute atomic E-state index is 0.0238. The lowest BCUT2D eigenvalue weighted by molar-refractivity contribution is -0.122. The van der Waals surface area contributed by atoms with Crippen LogP contribution in [0.2, 0.25) is 10.0 Å². The number of para-hydroxylation sites is 1. The fraction of sp³-hybridized carbons (Fsp3) is 0.281. The predicted molar refractivity (Wildman–Crippen MR) is 180 cm³/mol. The number of carbonyl (C=O) groups excluding carboxylic acids is 3. The zero-order chi connectivity index (χ0) is 33.4. The summed E-state index contributed by atoms with van der Waals surface area (Å²) in [6.45, 7) is 2.53. The van der Waals surface area contributed by atoms with Crippen molar-refractivity contribution in [3.8, 4) is 11.8 Å². The van der Waals surface area contributed by atoms with Crippen molar-refractivity contribution in [2.45, 2.75) is 20.1 Å². The smallest absolute Gasteiger partial charge is 0.297 e. The Morgan fingerprint density at radius 1 is 1.07 bits per heavy atom. The Balaban J connectivity index is 1.43. The Morgan fingerprint density at radius 2 is 1.85 bits per heavy atom. The Labute approximate surface area is 276 Å². The number of pyridine rings is 1. The van der Waals surface area contributed by atoms with Crippen LogP contribution in [0.25, 0.3) is 17.1 Å². The van der Waals surface area contributed by atoms with Gasteiger partial charge in [0.15, 0.2) is 0 Å². The van der Waals surface area contributed by atoms with Gasteiger partial charge in [0.1, 0.15) is 23.7 Å². The van der Waals surface area contributed by atoms with Gasteiger partial charge in [0.05, 0.1) is 29.9 Å². The van der Waals surface area contributed by atoms with Gasteiger partial charge in [0.25, 0.3) is 6.01 Å². The molecule has 14 heteroatoms. The van der Waals surface area contributed by atoms with E-state index < -0.39 is 11.8 Å². The number of methoxy groups -OCH3 is 1. The quantitative estimate of drug-likeness (QED) is 0.197. The van der Waals surface area contributed by atoms with Crippen LogP contribution in [0, 0.1) is 0 Å². The molecule has 0 fully saturated rings. The maximum absolute atomic E-state index is 13.0. The number of ether oxygens (including phenoxy) is 2. The van der Waals surface area contributed by atoms with Crippen molar-refractivity contribution in [2.75, 3.05) is 51.6 Å². The molecule has 2 heterocycles. The summed E-state index contributed by atoms with van der Waals surface area (Å²) in [6, 6.07) is 12.6. The van der Waals surface area contributed by atoms with Crippen LogP contribution in [0.4, 0.5) is 11.5 Å². The van der Waals surface area contributed by atoms with Crippen LogP contribution in [0.15, 0.2) is 54.7 Å². The number of nitrogens with one attached hydrogen (secondary N) is 2. The summed E-state index contributed by atoms with van der Waals surface area (Å²) >= 11 is 13.3. The zero-order valence-electron chi connectivity index (χ0n) is 26.1. The van der Waals surface area contributed by atoms with Gasteiger partial charge in [-0.3, -0.25) is 19.0 Å². The highest BCUT2D eigenvalue weighted by atomic mass is 35.5. The number of fused-ring (bicyclic) bond motifs is 1. The standard InChI is InChI=1S/C32H35Cl2N7O5/c1-20(42)37-27-13-9-21(17-35-27)10-14-28(43)36-18-29(44)40(4)25-12-11-23(33)22(30(25)34)19-46-26-8-6-7-24-31(26)41(16-15-39(2)3)32(38-24)45-5/h6-14,17H,15-16,18-19H2,1-5H3,(H,36,43)(H,35,37,42)/b14-10+. The molecule has 3 amide bonds. The van der Waals surface area contributed by atoms with Crippen LogP contribution in [0.5, 0.6) is 11.8 Å². The van der Waals surface area contributed by atoms with E-state index in [0.29, 0.717) is 46.0 Å². The van der Waals surface area contributed by atoms with Crippen LogP contribution in [-0.4, -0.2) is 78.5 Å². The van der Waals surface area contributed by atoms with Gasteiger partial charge in [-0.2, -0.15) is 4.98 Å². The number of halogens is 2.